The molecule has 18 heavy (non-hydrogen) atoms. The number of hydrogen-bond donors (Lipinski definition) is 0. The molecule has 0 radical (unpaired) electrons. The number of morpholine rings is 1. The number of aryl methyl sites for hydroxylation is 1. The van der Waals surface area contributed by atoms with Gasteiger partial charge >= 0.3 is 0 Å². The maximum Gasteiger partial charge on any atom is 0.223 e. The summed E-state index contributed by atoms with van der Waals surface area (Å²) >= 11 is 0. The summed E-state index contributed by atoms with van der Waals surface area (Å²) in [7, 11) is 0. The Morgan fingerprint density at radius 2 is 2.11 bits per heavy atom. The van der Waals surface area contributed by atoms with E-state index in [-0.39, 0.29) is 0 Å². The minimum atomic E-state index is 0.565. The lowest BCUT2D eigenvalue weighted by atomic mass is 10.2. The van der Waals surface area contributed by atoms with Crippen LogP contribution < -0.4 is 4.90 Å². The van der Waals surface area contributed by atoms with E-state index in [1.807, 2.05) is 12.1 Å². The molecular formula is C12H14N4O2. The van der Waals surface area contributed by atoms with Crippen molar-refractivity contribution in [2.75, 3.05) is 31.2 Å². The largest absolute Gasteiger partial charge is 0.378 e. The van der Waals surface area contributed by atoms with Gasteiger partial charge in [0.1, 0.15) is 5.82 Å². The molecular weight excluding hydrogens is 232 g/mol. The Bertz CT molecular complexity index is 534. The molecule has 2 aromatic heterocycles. The highest BCUT2D eigenvalue weighted by Crippen LogP contribution is 2.21. The van der Waals surface area contributed by atoms with Gasteiger partial charge in [-0.15, -0.1) is 0 Å². The third-order valence-electron chi connectivity index (χ3n) is 2.87. The number of pyridine rings is 1. The Labute approximate surface area is 105 Å². The number of anilines is 1. The van der Waals surface area contributed by atoms with Gasteiger partial charge in [0.2, 0.25) is 11.7 Å². The van der Waals surface area contributed by atoms with Crippen LogP contribution in [-0.4, -0.2) is 41.4 Å². The average molecular weight is 246 g/mol. The lowest BCUT2D eigenvalue weighted by Gasteiger charge is -2.27. The van der Waals surface area contributed by atoms with Crippen molar-refractivity contribution in [1.82, 2.24) is 15.1 Å². The molecule has 0 unspecified atom stereocenters. The smallest absolute Gasteiger partial charge is 0.223 e. The fourth-order valence-corrected chi connectivity index (χ4v) is 1.94. The quantitative estimate of drug-likeness (QED) is 0.795. The average Bonchev–Trinajstić information content (AvgIpc) is 2.87. The molecule has 6 nitrogen and oxygen atoms in total. The van der Waals surface area contributed by atoms with Crippen molar-refractivity contribution in [2.24, 2.45) is 0 Å². The zero-order chi connectivity index (χ0) is 12.4. The van der Waals surface area contributed by atoms with E-state index in [4.69, 9.17) is 9.26 Å². The van der Waals surface area contributed by atoms with Gasteiger partial charge in [0.05, 0.1) is 13.2 Å². The molecule has 2 aromatic rings. The van der Waals surface area contributed by atoms with Crippen molar-refractivity contribution in [2.45, 2.75) is 6.92 Å². The van der Waals surface area contributed by atoms with E-state index in [1.54, 1.807) is 13.1 Å². The van der Waals surface area contributed by atoms with E-state index in [1.165, 1.54) is 0 Å². The van der Waals surface area contributed by atoms with Crippen molar-refractivity contribution in [3.05, 3.63) is 24.2 Å². The first-order chi connectivity index (χ1) is 8.83. The second kappa shape index (κ2) is 4.73. The molecule has 1 aliphatic heterocycles. The van der Waals surface area contributed by atoms with E-state index >= 15 is 0 Å². The van der Waals surface area contributed by atoms with E-state index < -0.39 is 0 Å². The standard InChI is InChI=1S/C12H14N4O2/c1-9-14-12(15-18-9)10-2-3-13-11(8-10)16-4-6-17-7-5-16/h2-3,8H,4-7H2,1H3. The van der Waals surface area contributed by atoms with Gasteiger partial charge in [0.25, 0.3) is 0 Å². The molecule has 0 spiro atoms. The number of aromatic nitrogens is 3. The molecule has 3 rings (SSSR count). The molecule has 1 saturated heterocycles. The normalized spacial score (nSPS) is 15.9. The fourth-order valence-electron chi connectivity index (χ4n) is 1.94. The van der Waals surface area contributed by atoms with Gasteiger partial charge in [-0.2, -0.15) is 4.98 Å². The van der Waals surface area contributed by atoms with E-state index in [2.05, 4.69) is 20.0 Å². The molecule has 0 amide bonds. The third-order valence-corrected chi connectivity index (χ3v) is 2.87. The van der Waals surface area contributed by atoms with Crippen LogP contribution in [-0.2, 0) is 4.74 Å². The van der Waals surface area contributed by atoms with Gasteiger partial charge in [-0.1, -0.05) is 5.16 Å². The van der Waals surface area contributed by atoms with Crippen molar-refractivity contribution in [3.63, 3.8) is 0 Å². The number of nitrogens with zero attached hydrogens (tertiary/aromatic N) is 4. The molecule has 0 aromatic carbocycles. The first kappa shape index (κ1) is 11.2. The maximum absolute atomic E-state index is 5.33. The van der Waals surface area contributed by atoms with Crippen LogP contribution in [0.2, 0.25) is 0 Å². The highest BCUT2D eigenvalue weighted by atomic mass is 16.5. The molecule has 0 aliphatic carbocycles. The zero-order valence-corrected chi connectivity index (χ0v) is 10.2. The Morgan fingerprint density at radius 1 is 1.28 bits per heavy atom. The van der Waals surface area contributed by atoms with E-state index in [9.17, 15) is 0 Å². The molecule has 1 aliphatic rings. The summed E-state index contributed by atoms with van der Waals surface area (Å²) < 4.78 is 10.3. The summed E-state index contributed by atoms with van der Waals surface area (Å²) in [6.07, 6.45) is 1.77. The molecule has 0 saturated carbocycles. The minimum Gasteiger partial charge on any atom is -0.378 e. The SMILES string of the molecule is Cc1nc(-c2ccnc(N3CCOCC3)c2)no1. The Balaban J connectivity index is 1.88. The van der Waals surface area contributed by atoms with Crippen LogP contribution in [0.1, 0.15) is 5.89 Å². The number of hydrogen-bond acceptors (Lipinski definition) is 6. The van der Waals surface area contributed by atoms with Crippen molar-refractivity contribution >= 4 is 5.82 Å². The fraction of sp³-hybridized carbons (Fsp3) is 0.417. The number of ether oxygens (including phenoxy) is 1. The van der Waals surface area contributed by atoms with E-state index in [0.717, 1.165) is 37.7 Å². The first-order valence-electron chi connectivity index (χ1n) is 5.92. The Kier molecular flexibility index (Phi) is 2.93. The molecule has 1 fully saturated rings. The van der Waals surface area contributed by atoms with Crippen LogP contribution in [0.4, 0.5) is 5.82 Å². The predicted octanol–water partition coefficient (Wildman–Crippen LogP) is 1.28. The molecule has 3 heterocycles. The van der Waals surface area contributed by atoms with Gasteiger partial charge in [0.15, 0.2) is 0 Å². The highest BCUT2D eigenvalue weighted by Gasteiger charge is 2.14. The van der Waals surface area contributed by atoms with Crippen LogP contribution in [0.3, 0.4) is 0 Å². The van der Waals surface area contributed by atoms with Crippen LogP contribution >= 0.6 is 0 Å². The Morgan fingerprint density at radius 3 is 2.83 bits per heavy atom. The van der Waals surface area contributed by atoms with E-state index in [0.29, 0.717) is 11.7 Å². The van der Waals surface area contributed by atoms with Crippen molar-refractivity contribution in [1.29, 1.82) is 0 Å². The van der Waals surface area contributed by atoms with Crippen LogP contribution in [0.5, 0.6) is 0 Å². The summed E-state index contributed by atoms with van der Waals surface area (Å²) in [5.74, 6) is 2.09. The lowest BCUT2D eigenvalue weighted by Crippen LogP contribution is -2.36. The van der Waals surface area contributed by atoms with Crippen LogP contribution in [0.25, 0.3) is 11.4 Å². The predicted molar refractivity (Wildman–Crippen MR) is 65.3 cm³/mol. The summed E-state index contributed by atoms with van der Waals surface area (Å²) in [5.41, 5.74) is 0.920. The zero-order valence-electron chi connectivity index (χ0n) is 10.2. The third kappa shape index (κ3) is 2.19. The second-order valence-corrected chi connectivity index (χ2v) is 4.14. The van der Waals surface area contributed by atoms with Crippen molar-refractivity contribution in [3.8, 4) is 11.4 Å². The Hall–Kier alpha value is -1.95. The van der Waals surface area contributed by atoms with Gasteiger partial charge in [0, 0.05) is 31.8 Å². The maximum atomic E-state index is 5.33. The molecule has 0 atom stereocenters. The first-order valence-corrected chi connectivity index (χ1v) is 5.92. The van der Waals surface area contributed by atoms with Crippen LogP contribution in [0, 0.1) is 6.92 Å². The van der Waals surface area contributed by atoms with Gasteiger partial charge in [-0.05, 0) is 12.1 Å². The van der Waals surface area contributed by atoms with Gasteiger partial charge < -0.3 is 14.2 Å². The van der Waals surface area contributed by atoms with Gasteiger partial charge in [-0.3, -0.25) is 0 Å². The molecule has 0 bridgehead atoms. The summed E-state index contributed by atoms with van der Waals surface area (Å²) in [6.45, 7) is 4.99. The second-order valence-electron chi connectivity index (χ2n) is 4.14. The van der Waals surface area contributed by atoms with Gasteiger partial charge in [-0.25, -0.2) is 4.98 Å². The summed E-state index contributed by atoms with van der Waals surface area (Å²) in [4.78, 5) is 10.8. The molecule has 6 heteroatoms. The molecule has 0 N–H and O–H groups in total. The topological polar surface area (TPSA) is 64.3 Å². The van der Waals surface area contributed by atoms with Crippen molar-refractivity contribution < 1.29 is 9.26 Å². The lowest BCUT2D eigenvalue weighted by molar-refractivity contribution is 0.122. The monoisotopic (exact) mass is 246 g/mol. The van der Waals surface area contributed by atoms with Crippen LogP contribution in [0.15, 0.2) is 22.9 Å². The molecule has 94 valence electrons. The highest BCUT2D eigenvalue weighted by molar-refractivity contribution is 5.59. The summed E-state index contributed by atoms with van der Waals surface area (Å²) in [6, 6.07) is 3.86. The summed E-state index contributed by atoms with van der Waals surface area (Å²) in [5, 5.41) is 3.92. The minimum absolute atomic E-state index is 0.565. The number of rotatable bonds is 2.